The quantitative estimate of drug-likeness (QED) is 0.197. The number of hydrogen-bond donors (Lipinski definition) is 4. The topological polar surface area (TPSA) is 226 Å². The van der Waals surface area contributed by atoms with E-state index in [0.29, 0.717) is 23.2 Å². The van der Waals surface area contributed by atoms with Gasteiger partial charge in [0.25, 0.3) is 0 Å². The Hall–Kier alpha value is -4.92. The first-order chi connectivity index (χ1) is 23.0. The minimum Gasteiger partial charge on any atom is -0.872 e. The molecule has 5 aromatic rings. The first kappa shape index (κ1) is 34.0. The Morgan fingerprint density at radius 1 is 0.571 bits per heavy atom. The normalized spacial score (nSPS) is 13.3. The first-order valence-corrected chi connectivity index (χ1v) is 18.0. The molecule has 0 atom stereocenters. The maximum Gasteiger partial charge on any atom is 0.124 e. The molecular formula is C36H31NO10S2-2. The number of aryl methyl sites for hydroxylation is 1. The van der Waals surface area contributed by atoms with Crippen LogP contribution < -0.4 is 10.8 Å². The fourth-order valence-electron chi connectivity index (χ4n) is 6.36. The van der Waals surface area contributed by atoms with Crippen LogP contribution in [0.2, 0.25) is 0 Å². The van der Waals surface area contributed by atoms with Crippen LogP contribution in [0.4, 0.5) is 0 Å². The highest BCUT2D eigenvalue weighted by atomic mass is 32.2. The van der Waals surface area contributed by atoms with Crippen LogP contribution in [0.25, 0.3) is 11.1 Å². The molecule has 49 heavy (non-hydrogen) atoms. The molecule has 0 saturated heterocycles. The summed E-state index contributed by atoms with van der Waals surface area (Å²) in [6.07, 6.45) is -1.08. The van der Waals surface area contributed by atoms with E-state index in [2.05, 4.69) is 5.73 Å². The molecule has 8 bridgehead atoms. The number of hydrogen-bond acceptors (Lipinski definition) is 10. The highest BCUT2D eigenvalue weighted by molar-refractivity contribution is 7.86. The van der Waals surface area contributed by atoms with E-state index in [1.54, 1.807) is 31.2 Å². The van der Waals surface area contributed by atoms with Crippen molar-refractivity contribution in [1.29, 1.82) is 0 Å². The predicted molar refractivity (Wildman–Crippen MR) is 174 cm³/mol. The molecule has 0 aliphatic heterocycles. The van der Waals surface area contributed by atoms with E-state index in [1.807, 2.05) is 24.3 Å². The van der Waals surface area contributed by atoms with Crippen LogP contribution in [0.3, 0.4) is 0 Å². The lowest BCUT2D eigenvalue weighted by Crippen LogP contribution is -2.47. The predicted octanol–water partition coefficient (Wildman–Crippen LogP) is 3.08. The number of quaternary nitrogens is 1. The van der Waals surface area contributed by atoms with Gasteiger partial charge >= 0.3 is 0 Å². The Morgan fingerprint density at radius 3 is 1.31 bits per heavy atom. The number of benzene rings is 5. The lowest BCUT2D eigenvalue weighted by atomic mass is 9.89. The van der Waals surface area contributed by atoms with Crippen LogP contribution in [0.15, 0.2) is 82.6 Å². The largest absolute Gasteiger partial charge is 0.872 e. The van der Waals surface area contributed by atoms with E-state index in [1.165, 1.54) is 0 Å². The standard InChI is InChI=1S/C36H33NO10S2/c1-19-6-23-10-27-14-31(48(42,43)44)16-29(35(27)40)12-25-8-22(21-4-2-20(18-37)3-5-21)9-26(34(25)39)13-30-17-32(49(45,46)47)15-28(36(30)41)11-24(7-19)33(23)38/h2-9,14-17,38-41H,10-13,18,37H2,1H3,(H,42,43,44)(H,45,46,47)/p-2. The molecule has 11 nitrogen and oxygen atoms in total. The summed E-state index contributed by atoms with van der Waals surface area (Å²) in [6.45, 7) is 2.25. The molecule has 0 saturated carbocycles. The number of aromatic hydroxyl groups is 3. The molecule has 5 aromatic carbocycles. The maximum atomic E-state index is 13.9. The molecule has 0 radical (unpaired) electrons. The maximum absolute atomic E-state index is 13.9. The Kier molecular flexibility index (Phi) is 8.67. The highest BCUT2D eigenvalue weighted by Gasteiger charge is 2.22. The molecule has 13 heteroatoms. The van der Waals surface area contributed by atoms with Crippen molar-refractivity contribution in [2.75, 3.05) is 0 Å². The smallest absolute Gasteiger partial charge is 0.124 e. The van der Waals surface area contributed by atoms with E-state index < -0.39 is 35.8 Å². The number of fused-ring (bicyclic) bond motifs is 8. The van der Waals surface area contributed by atoms with Crippen LogP contribution >= 0.6 is 0 Å². The minimum atomic E-state index is -5.03. The van der Waals surface area contributed by atoms with Crippen molar-refractivity contribution in [2.45, 2.75) is 48.9 Å². The Balaban J connectivity index is 1.67. The van der Waals surface area contributed by atoms with Crippen molar-refractivity contribution in [2.24, 2.45) is 0 Å². The molecule has 0 amide bonds. The highest BCUT2D eigenvalue weighted by Crippen LogP contribution is 2.40. The van der Waals surface area contributed by atoms with Gasteiger partial charge in [0.2, 0.25) is 0 Å². The van der Waals surface area contributed by atoms with Crippen LogP contribution in [0.1, 0.15) is 55.6 Å². The van der Waals surface area contributed by atoms with Gasteiger partial charge in [-0.1, -0.05) is 42.0 Å². The Bertz CT molecular complexity index is 2230. The van der Waals surface area contributed by atoms with Crippen LogP contribution in [0.5, 0.6) is 23.0 Å². The average Bonchev–Trinajstić information content (AvgIpc) is 3.03. The first-order valence-electron chi connectivity index (χ1n) is 15.2. The summed E-state index contributed by atoms with van der Waals surface area (Å²) in [6, 6.07) is 17.8. The van der Waals surface area contributed by atoms with Gasteiger partial charge in [-0.15, -0.1) is 5.75 Å². The minimum absolute atomic E-state index is 0.00318. The average molecular weight is 702 g/mol. The monoisotopic (exact) mass is 701 g/mol. The van der Waals surface area contributed by atoms with Crippen molar-refractivity contribution < 1.29 is 52.1 Å². The SMILES string of the molecule is Cc1cc2c(O)c(c1)Cc1cc(S(=O)(=O)[O-])cc(c1O)Cc1cc(-c3ccc(C[NH3+])cc3)cc(c1O)Cc1cc(S(=O)(=O)[O-])cc(c1[O-])C2. The Labute approximate surface area is 283 Å². The van der Waals surface area contributed by atoms with Crippen molar-refractivity contribution in [3.05, 3.63) is 128 Å². The van der Waals surface area contributed by atoms with Gasteiger partial charge in [-0.3, -0.25) is 0 Å². The number of rotatable bonds is 4. The summed E-state index contributed by atoms with van der Waals surface area (Å²) in [5.74, 6) is -1.55. The fourth-order valence-corrected chi connectivity index (χ4v) is 7.50. The van der Waals surface area contributed by atoms with Gasteiger partial charge < -0.3 is 35.3 Å². The van der Waals surface area contributed by atoms with E-state index in [4.69, 9.17) is 0 Å². The van der Waals surface area contributed by atoms with Crippen molar-refractivity contribution >= 4 is 20.2 Å². The second kappa shape index (κ2) is 12.5. The molecule has 1 aliphatic carbocycles. The molecule has 6 N–H and O–H groups in total. The third kappa shape index (κ3) is 6.84. The summed E-state index contributed by atoms with van der Waals surface area (Å²) in [5, 5.41) is 48.3. The molecule has 0 heterocycles. The second-order valence-electron chi connectivity index (χ2n) is 12.3. The van der Waals surface area contributed by atoms with E-state index in [0.717, 1.165) is 29.8 Å². The van der Waals surface area contributed by atoms with Crippen LogP contribution in [-0.4, -0.2) is 41.3 Å². The van der Waals surface area contributed by atoms with Gasteiger partial charge in [-0.05, 0) is 99.0 Å². The molecular weight excluding hydrogens is 671 g/mol. The second-order valence-corrected chi connectivity index (χ2v) is 15.1. The summed E-state index contributed by atoms with van der Waals surface area (Å²) in [5.41, 5.74) is 7.37. The lowest BCUT2D eigenvalue weighted by Gasteiger charge is -2.24. The summed E-state index contributed by atoms with van der Waals surface area (Å²) >= 11 is 0. The summed E-state index contributed by atoms with van der Waals surface area (Å²) in [7, 11) is -10.0. The van der Waals surface area contributed by atoms with Gasteiger partial charge in [-0.25, -0.2) is 16.8 Å². The van der Waals surface area contributed by atoms with E-state index >= 15 is 0 Å². The number of phenols is 3. The van der Waals surface area contributed by atoms with E-state index in [9.17, 15) is 46.4 Å². The molecule has 254 valence electrons. The zero-order chi connectivity index (χ0) is 35.4. The van der Waals surface area contributed by atoms with Gasteiger partial charge in [0, 0.05) is 31.2 Å². The van der Waals surface area contributed by atoms with Gasteiger partial charge in [0.15, 0.2) is 0 Å². The van der Waals surface area contributed by atoms with Gasteiger partial charge in [0.05, 0.1) is 16.3 Å². The molecule has 0 aromatic heterocycles. The van der Waals surface area contributed by atoms with Gasteiger partial charge in [-0.2, -0.15) is 0 Å². The molecule has 0 unspecified atom stereocenters. The molecule has 0 spiro atoms. The Morgan fingerprint density at radius 2 is 0.918 bits per heavy atom. The summed E-state index contributed by atoms with van der Waals surface area (Å²) in [4.78, 5) is -1.25. The van der Waals surface area contributed by atoms with Crippen molar-refractivity contribution in [3.63, 3.8) is 0 Å². The fraction of sp³-hybridized carbons (Fsp3) is 0.167. The van der Waals surface area contributed by atoms with Crippen molar-refractivity contribution in [1.82, 2.24) is 0 Å². The van der Waals surface area contributed by atoms with Crippen LogP contribution in [-0.2, 0) is 52.5 Å². The zero-order valence-corrected chi connectivity index (χ0v) is 27.8. The molecule has 1 aliphatic rings. The van der Waals surface area contributed by atoms with E-state index in [-0.39, 0.29) is 87.4 Å². The van der Waals surface area contributed by atoms with Gasteiger partial charge in [0.1, 0.15) is 37.5 Å². The number of phenolic OH excluding ortho intramolecular Hbond substituents is 3. The third-order valence-electron chi connectivity index (χ3n) is 8.81. The molecule has 6 rings (SSSR count). The van der Waals surface area contributed by atoms with Crippen molar-refractivity contribution in [3.8, 4) is 34.1 Å². The zero-order valence-electron chi connectivity index (χ0n) is 26.2. The summed E-state index contributed by atoms with van der Waals surface area (Å²) < 4.78 is 73.6. The van der Waals surface area contributed by atoms with Crippen LogP contribution in [0, 0.1) is 6.92 Å². The third-order valence-corrected chi connectivity index (χ3v) is 10.4. The lowest BCUT2D eigenvalue weighted by molar-refractivity contribution is -0.386. The molecule has 0 fully saturated rings.